The van der Waals surface area contributed by atoms with Crippen LogP contribution in [0, 0.1) is 0 Å². The quantitative estimate of drug-likeness (QED) is 0.784. The average Bonchev–Trinajstić information content (AvgIpc) is 2.89. The number of methoxy groups -OCH3 is 2. The van der Waals surface area contributed by atoms with E-state index in [1.54, 1.807) is 20.4 Å². The molecule has 3 aromatic rings. The molecule has 2 heterocycles. The van der Waals surface area contributed by atoms with Gasteiger partial charge in [-0.25, -0.2) is 15.0 Å². The third-order valence-electron chi connectivity index (χ3n) is 3.06. The maximum absolute atomic E-state index is 5.37. The molecule has 0 fully saturated rings. The van der Waals surface area contributed by atoms with Gasteiger partial charge in [0.15, 0.2) is 5.65 Å². The molecule has 1 N–H and O–H groups in total. The summed E-state index contributed by atoms with van der Waals surface area (Å²) in [5.41, 5.74) is 2.49. The first-order valence-electron chi connectivity index (χ1n) is 6.15. The van der Waals surface area contributed by atoms with Crippen molar-refractivity contribution in [1.29, 1.82) is 0 Å². The molecule has 3 rings (SSSR count). The van der Waals surface area contributed by atoms with E-state index in [0.29, 0.717) is 12.1 Å². The van der Waals surface area contributed by atoms with Gasteiger partial charge in [-0.1, -0.05) is 0 Å². The lowest BCUT2D eigenvalue weighted by Gasteiger charge is -2.09. The number of nitrogens with zero attached hydrogens (tertiary/aromatic N) is 3. The minimum Gasteiger partial charge on any atom is -0.497 e. The van der Waals surface area contributed by atoms with E-state index in [1.807, 2.05) is 18.2 Å². The molecule has 0 unspecified atom stereocenters. The normalized spacial score (nSPS) is 10.7. The van der Waals surface area contributed by atoms with Crippen molar-refractivity contribution in [1.82, 2.24) is 19.9 Å². The summed E-state index contributed by atoms with van der Waals surface area (Å²) < 4.78 is 10.6. The van der Waals surface area contributed by atoms with Gasteiger partial charge in [-0.15, -0.1) is 0 Å². The fraction of sp³-hybridized carbons (Fsp3) is 0.214. The lowest BCUT2D eigenvalue weighted by molar-refractivity contribution is 0.399. The van der Waals surface area contributed by atoms with Gasteiger partial charge < -0.3 is 14.5 Å². The van der Waals surface area contributed by atoms with E-state index in [-0.39, 0.29) is 0 Å². The van der Waals surface area contributed by atoms with Crippen LogP contribution in [0.25, 0.3) is 11.2 Å². The number of ether oxygens (including phenoxy) is 2. The van der Waals surface area contributed by atoms with Crippen molar-refractivity contribution in [2.75, 3.05) is 14.2 Å². The standard InChI is InChI=1S/C14H14N4O2/c1-19-10-3-4-12(20-2)9(5-10)6-13-17-11-7-15-8-16-14(11)18-13/h3-5,7-8H,6H2,1-2H3,(H,15,16,17,18). The lowest BCUT2D eigenvalue weighted by Crippen LogP contribution is -1.96. The summed E-state index contributed by atoms with van der Waals surface area (Å²) >= 11 is 0. The molecule has 0 aliphatic carbocycles. The third kappa shape index (κ3) is 2.27. The SMILES string of the molecule is COc1ccc(OC)c(Cc2nc3ncncc3[nH]2)c1. The van der Waals surface area contributed by atoms with E-state index in [0.717, 1.165) is 28.4 Å². The number of benzene rings is 1. The van der Waals surface area contributed by atoms with Crippen LogP contribution in [-0.4, -0.2) is 34.2 Å². The highest BCUT2D eigenvalue weighted by atomic mass is 16.5. The number of nitrogens with one attached hydrogen (secondary N) is 1. The number of rotatable bonds is 4. The molecule has 1 aromatic carbocycles. The minimum absolute atomic E-state index is 0.608. The summed E-state index contributed by atoms with van der Waals surface area (Å²) in [6, 6.07) is 5.70. The van der Waals surface area contributed by atoms with Crippen LogP contribution in [0.1, 0.15) is 11.4 Å². The summed E-state index contributed by atoms with van der Waals surface area (Å²) in [5, 5.41) is 0. The maximum atomic E-state index is 5.37. The Labute approximate surface area is 115 Å². The van der Waals surface area contributed by atoms with Gasteiger partial charge >= 0.3 is 0 Å². The van der Waals surface area contributed by atoms with Crippen LogP contribution in [0.15, 0.2) is 30.7 Å². The fourth-order valence-electron chi connectivity index (χ4n) is 2.10. The predicted octanol–water partition coefficient (Wildman–Crippen LogP) is 1.96. The van der Waals surface area contributed by atoms with Crippen LogP contribution >= 0.6 is 0 Å². The molecule has 0 aliphatic heterocycles. The van der Waals surface area contributed by atoms with Crippen molar-refractivity contribution >= 4 is 11.2 Å². The zero-order chi connectivity index (χ0) is 13.9. The van der Waals surface area contributed by atoms with Gasteiger partial charge in [-0.05, 0) is 18.2 Å². The van der Waals surface area contributed by atoms with Crippen LogP contribution in [0.4, 0.5) is 0 Å². The second-order valence-corrected chi connectivity index (χ2v) is 4.30. The third-order valence-corrected chi connectivity index (χ3v) is 3.06. The molecule has 0 saturated heterocycles. The highest BCUT2D eigenvalue weighted by Gasteiger charge is 2.10. The van der Waals surface area contributed by atoms with Gasteiger partial charge in [0.2, 0.25) is 0 Å². The van der Waals surface area contributed by atoms with Crippen LogP contribution in [0.2, 0.25) is 0 Å². The van der Waals surface area contributed by atoms with E-state index in [9.17, 15) is 0 Å². The summed E-state index contributed by atoms with van der Waals surface area (Å²) in [4.78, 5) is 15.7. The molecule has 0 radical (unpaired) electrons. The molecule has 6 heteroatoms. The molecule has 0 spiro atoms. The van der Waals surface area contributed by atoms with Gasteiger partial charge in [-0.3, -0.25) is 0 Å². The topological polar surface area (TPSA) is 72.9 Å². The highest BCUT2D eigenvalue weighted by Crippen LogP contribution is 2.26. The molecule has 0 atom stereocenters. The Bertz CT molecular complexity index is 706. The van der Waals surface area contributed by atoms with E-state index >= 15 is 0 Å². The van der Waals surface area contributed by atoms with Gasteiger partial charge in [0.25, 0.3) is 0 Å². The zero-order valence-corrected chi connectivity index (χ0v) is 11.3. The minimum atomic E-state index is 0.608. The van der Waals surface area contributed by atoms with Crippen LogP contribution in [0.3, 0.4) is 0 Å². The summed E-state index contributed by atoms with van der Waals surface area (Å²) in [6.45, 7) is 0. The number of imidazole rings is 1. The fourth-order valence-corrected chi connectivity index (χ4v) is 2.10. The molecular weight excluding hydrogens is 256 g/mol. The molecule has 20 heavy (non-hydrogen) atoms. The lowest BCUT2D eigenvalue weighted by atomic mass is 10.1. The molecule has 6 nitrogen and oxygen atoms in total. The van der Waals surface area contributed by atoms with Crippen molar-refractivity contribution in [3.8, 4) is 11.5 Å². The van der Waals surface area contributed by atoms with E-state index in [2.05, 4.69) is 19.9 Å². The van der Waals surface area contributed by atoms with Gasteiger partial charge in [-0.2, -0.15) is 0 Å². The number of hydrogen-bond donors (Lipinski definition) is 1. The first-order chi connectivity index (χ1) is 9.80. The number of aromatic amines is 1. The van der Waals surface area contributed by atoms with Crippen molar-refractivity contribution in [3.63, 3.8) is 0 Å². The van der Waals surface area contributed by atoms with E-state index in [1.165, 1.54) is 6.33 Å². The maximum Gasteiger partial charge on any atom is 0.180 e. The largest absolute Gasteiger partial charge is 0.497 e. The molecule has 0 saturated carbocycles. The zero-order valence-electron chi connectivity index (χ0n) is 11.3. The Morgan fingerprint density at radius 3 is 2.85 bits per heavy atom. The van der Waals surface area contributed by atoms with Gasteiger partial charge in [0.05, 0.1) is 20.4 Å². The first-order valence-corrected chi connectivity index (χ1v) is 6.15. The second kappa shape index (κ2) is 5.16. The van der Waals surface area contributed by atoms with Crippen molar-refractivity contribution < 1.29 is 9.47 Å². The Morgan fingerprint density at radius 2 is 2.10 bits per heavy atom. The number of fused-ring (bicyclic) bond motifs is 1. The van der Waals surface area contributed by atoms with Crippen LogP contribution < -0.4 is 9.47 Å². The first kappa shape index (κ1) is 12.4. The summed E-state index contributed by atoms with van der Waals surface area (Å²) in [7, 11) is 3.29. The Morgan fingerprint density at radius 1 is 1.20 bits per heavy atom. The average molecular weight is 270 g/mol. The van der Waals surface area contributed by atoms with Gasteiger partial charge in [0.1, 0.15) is 29.2 Å². The molecule has 0 amide bonds. The van der Waals surface area contributed by atoms with Crippen molar-refractivity contribution in [3.05, 3.63) is 42.1 Å². The smallest absolute Gasteiger partial charge is 0.180 e. The second-order valence-electron chi connectivity index (χ2n) is 4.30. The number of aromatic nitrogens is 4. The highest BCUT2D eigenvalue weighted by molar-refractivity contribution is 5.68. The Hall–Kier alpha value is -2.63. The van der Waals surface area contributed by atoms with Gasteiger partial charge in [0, 0.05) is 12.0 Å². The molecule has 0 aliphatic rings. The van der Waals surface area contributed by atoms with Crippen molar-refractivity contribution in [2.24, 2.45) is 0 Å². The summed E-state index contributed by atoms with van der Waals surface area (Å²) in [6.07, 6.45) is 3.80. The summed E-state index contributed by atoms with van der Waals surface area (Å²) in [5.74, 6) is 2.40. The molecular formula is C14H14N4O2. The Balaban J connectivity index is 1.97. The predicted molar refractivity (Wildman–Crippen MR) is 74.0 cm³/mol. The monoisotopic (exact) mass is 270 g/mol. The molecule has 102 valence electrons. The van der Waals surface area contributed by atoms with Crippen molar-refractivity contribution in [2.45, 2.75) is 6.42 Å². The van der Waals surface area contributed by atoms with E-state index < -0.39 is 0 Å². The van der Waals surface area contributed by atoms with E-state index in [4.69, 9.17) is 9.47 Å². The molecule has 2 aromatic heterocycles. The Kier molecular flexibility index (Phi) is 3.20. The van der Waals surface area contributed by atoms with Crippen LogP contribution in [-0.2, 0) is 6.42 Å². The number of H-pyrrole nitrogens is 1. The molecule has 0 bridgehead atoms. The number of hydrogen-bond acceptors (Lipinski definition) is 5. The van der Waals surface area contributed by atoms with Crippen LogP contribution in [0.5, 0.6) is 11.5 Å².